The monoisotopic (exact) mass is 172 g/mol. The molecule has 0 radical (unpaired) electrons. The summed E-state index contributed by atoms with van der Waals surface area (Å²) >= 11 is 1.18. The normalized spacial score (nSPS) is 11.9. The van der Waals surface area contributed by atoms with Crippen LogP contribution in [0.2, 0.25) is 0 Å². The first-order valence-electron chi connectivity index (χ1n) is 3.43. The molecule has 0 amide bonds. The number of nitrogens with one attached hydrogen (secondary N) is 1. The third-order valence-corrected chi connectivity index (χ3v) is 1.94. The number of aromatic nitrogens is 1. The predicted molar refractivity (Wildman–Crippen MR) is 46.9 cm³/mol. The van der Waals surface area contributed by atoms with Gasteiger partial charge in [0.1, 0.15) is 0 Å². The van der Waals surface area contributed by atoms with E-state index in [9.17, 15) is 4.79 Å². The first kappa shape index (κ1) is 8.49. The standard InChI is InChI=1S/C7H12N2OS/c1-7(2,8)3-5-4-11-6(10)9-5/h4H,3,8H2,1-2H3,(H,9,10). The summed E-state index contributed by atoms with van der Waals surface area (Å²) in [7, 11) is 0. The van der Waals surface area contributed by atoms with Gasteiger partial charge in [-0.25, -0.2) is 0 Å². The number of hydrogen-bond donors (Lipinski definition) is 2. The molecule has 3 N–H and O–H groups in total. The molecule has 1 heterocycles. The molecule has 0 bridgehead atoms. The fourth-order valence-corrected chi connectivity index (χ4v) is 1.47. The first-order chi connectivity index (χ1) is 4.97. The third kappa shape index (κ3) is 2.86. The summed E-state index contributed by atoms with van der Waals surface area (Å²) in [6.07, 6.45) is 0.714. The van der Waals surface area contributed by atoms with Gasteiger partial charge in [0, 0.05) is 23.0 Å². The summed E-state index contributed by atoms with van der Waals surface area (Å²) < 4.78 is 0. The molecule has 11 heavy (non-hydrogen) atoms. The lowest BCUT2D eigenvalue weighted by molar-refractivity contribution is 0.511. The molecule has 0 aromatic carbocycles. The van der Waals surface area contributed by atoms with Crippen LogP contribution in [0.5, 0.6) is 0 Å². The molecule has 4 heteroatoms. The molecule has 0 fully saturated rings. The second kappa shape index (κ2) is 2.79. The van der Waals surface area contributed by atoms with Crippen LogP contribution in [0.3, 0.4) is 0 Å². The Morgan fingerprint density at radius 3 is 2.73 bits per heavy atom. The first-order valence-corrected chi connectivity index (χ1v) is 4.31. The van der Waals surface area contributed by atoms with Gasteiger partial charge in [-0.2, -0.15) is 0 Å². The summed E-state index contributed by atoms with van der Waals surface area (Å²) in [6.45, 7) is 3.87. The van der Waals surface area contributed by atoms with E-state index in [0.717, 1.165) is 5.69 Å². The molecule has 0 saturated carbocycles. The van der Waals surface area contributed by atoms with Gasteiger partial charge < -0.3 is 10.7 Å². The van der Waals surface area contributed by atoms with E-state index in [1.54, 1.807) is 0 Å². The van der Waals surface area contributed by atoms with Crippen LogP contribution in [0.1, 0.15) is 19.5 Å². The van der Waals surface area contributed by atoms with E-state index in [-0.39, 0.29) is 10.4 Å². The van der Waals surface area contributed by atoms with Crippen LogP contribution < -0.4 is 10.6 Å². The van der Waals surface area contributed by atoms with Gasteiger partial charge in [-0.1, -0.05) is 11.3 Å². The fraction of sp³-hybridized carbons (Fsp3) is 0.571. The number of hydrogen-bond acceptors (Lipinski definition) is 3. The minimum Gasteiger partial charge on any atom is -0.325 e. The zero-order valence-corrected chi connectivity index (χ0v) is 7.49. The number of thiazole rings is 1. The maximum absolute atomic E-state index is 10.7. The van der Waals surface area contributed by atoms with Gasteiger partial charge in [0.15, 0.2) is 0 Å². The zero-order chi connectivity index (χ0) is 8.48. The molecule has 62 valence electrons. The van der Waals surface area contributed by atoms with Crippen LogP contribution in [-0.4, -0.2) is 10.5 Å². The molecule has 0 aliphatic heterocycles. The van der Waals surface area contributed by atoms with E-state index in [2.05, 4.69) is 4.98 Å². The molecular formula is C7H12N2OS. The van der Waals surface area contributed by atoms with Gasteiger partial charge in [0.2, 0.25) is 0 Å². The van der Waals surface area contributed by atoms with Crippen molar-refractivity contribution in [2.75, 3.05) is 0 Å². The smallest absolute Gasteiger partial charge is 0.304 e. The number of aromatic amines is 1. The highest BCUT2D eigenvalue weighted by molar-refractivity contribution is 7.07. The SMILES string of the molecule is CC(C)(N)Cc1csc(=O)[nH]1. The lowest BCUT2D eigenvalue weighted by atomic mass is 10.0. The second-order valence-corrected chi connectivity index (χ2v) is 4.18. The Kier molecular flexibility index (Phi) is 2.15. The number of nitrogens with two attached hydrogens (primary N) is 1. The maximum atomic E-state index is 10.7. The average Bonchev–Trinajstić information content (AvgIpc) is 2.10. The highest BCUT2D eigenvalue weighted by atomic mass is 32.1. The Labute approximate surface area is 69.3 Å². The van der Waals surface area contributed by atoms with Crippen LogP contribution in [0.25, 0.3) is 0 Å². The van der Waals surface area contributed by atoms with Crippen molar-refractivity contribution in [1.29, 1.82) is 0 Å². The summed E-state index contributed by atoms with van der Waals surface area (Å²) in [5.41, 5.74) is 6.44. The average molecular weight is 172 g/mol. The quantitative estimate of drug-likeness (QED) is 0.690. The van der Waals surface area contributed by atoms with Crippen LogP contribution in [-0.2, 0) is 6.42 Å². The van der Waals surface area contributed by atoms with E-state index >= 15 is 0 Å². The van der Waals surface area contributed by atoms with Gasteiger partial charge in [0.05, 0.1) is 0 Å². The Hall–Kier alpha value is -0.610. The van der Waals surface area contributed by atoms with Crippen molar-refractivity contribution in [1.82, 2.24) is 4.98 Å². The van der Waals surface area contributed by atoms with Gasteiger partial charge in [-0.15, -0.1) is 0 Å². The van der Waals surface area contributed by atoms with Gasteiger partial charge in [-0.3, -0.25) is 4.79 Å². The van der Waals surface area contributed by atoms with E-state index in [1.807, 2.05) is 19.2 Å². The van der Waals surface area contributed by atoms with E-state index in [0.29, 0.717) is 6.42 Å². The van der Waals surface area contributed by atoms with E-state index in [1.165, 1.54) is 11.3 Å². The zero-order valence-electron chi connectivity index (χ0n) is 6.68. The fourth-order valence-electron chi connectivity index (χ4n) is 0.891. The van der Waals surface area contributed by atoms with Crippen LogP contribution in [0, 0.1) is 0 Å². The maximum Gasteiger partial charge on any atom is 0.304 e. The molecule has 0 spiro atoms. The molecule has 1 rings (SSSR count). The van der Waals surface area contributed by atoms with Gasteiger partial charge in [0.25, 0.3) is 0 Å². The molecule has 0 aliphatic rings. The molecule has 0 saturated heterocycles. The molecule has 3 nitrogen and oxygen atoms in total. The summed E-state index contributed by atoms with van der Waals surface area (Å²) in [4.78, 5) is 13.4. The lowest BCUT2D eigenvalue weighted by Gasteiger charge is -2.16. The van der Waals surface area contributed by atoms with Crippen LogP contribution >= 0.6 is 11.3 Å². The van der Waals surface area contributed by atoms with Gasteiger partial charge >= 0.3 is 4.87 Å². The van der Waals surface area contributed by atoms with Crippen LogP contribution in [0.4, 0.5) is 0 Å². The van der Waals surface area contributed by atoms with Crippen molar-refractivity contribution < 1.29 is 0 Å². The highest BCUT2D eigenvalue weighted by Crippen LogP contribution is 2.06. The second-order valence-electron chi connectivity index (χ2n) is 3.34. The van der Waals surface area contributed by atoms with Crippen molar-refractivity contribution in [2.24, 2.45) is 5.73 Å². The van der Waals surface area contributed by atoms with E-state index < -0.39 is 0 Å². The molecule has 1 aromatic rings. The minimum absolute atomic E-state index is 0.00995. The highest BCUT2D eigenvalue weighted by Gasteiger charge is 2.12. The van der Waals surface area contributed by atoms with Gasteiger partial charge in [-0.05, 0) is 13.8 Å². The Morgan fingerprint density at radius 2 is 2.36 bits per heavy atom. The topological polar surface area (TPSA) is 58.9 Å². The third-order valence-electron chi connectivity index (χ3n) is 1.22. The minimum atomic E-state index is -0.246. The molecule has 0 atom stereocenters. The Morgan fingerprint density at radius 1 is 1.73 bits per heavy atom. The van der Waals surface area contributed by atoms with E-state index in [4.69, 9.17) is 5.73 Å². The van der Waals surface area contributed by atoms with Crippen molar-refractivity contribution in [3.8, 4) is 0 Å². The Bertz CT molecular complexity index is 281. The molecular weight excluding hydrogens is 160 g/mol. The summed E-state index contributed by atoms with van der Waals surface area (Å²) in [5, 5.41) is 1.82. The molecule has 1 aromatic heterocycles. The van der Waals surface area contributed by atoms with Crippen molar-refractivity contribution in [3.63, 3.8) is 0 Å². The van der Waals surface area contributed by atoms with Crippen molar-refractivity contribution >= 4 is 11.3 Å². The number of rotatable bonds is 2. The molecule has 0 unspecified atom stereocenters. The number of H-pyrrole nitrogens is 1. The van der Waals surface area contributed by atoms with Crippen molar-refractivity contribution in [2.45, 2.75) is 25.8 Å². The molecule has 0 aliphatic carbocycles. The summed E-state index contributed by atoms with van der Waals surface area (Å²) in [6, 6.07) is 0. The van der Waals surface area contributed by atoms with Crippen molar-refractivity contribution in [3.05, 3.63) is 20.7 Å². The summed E-state index contributed by atoms with van der Waals surface area (Å²) in [5.74, 6) is 0. The largest absolute Gasteiger partial charge is 0.325 e. The predicted octanol–water partition coefficient (Wildman–Crippen LogP) is 0.716. The van der Waals surface area contributed by atoms with Crippen LogP contribution in [0.15, 0.2) is 10.2 Å². The Balaban J connectivity index is 2.73. The lowest BCUT2D eigenvalue weighted by Crippen LogP contribution is -2.34.